The van der Waals surface area contributed by atoms with E-state index in [1.807, 2.05) is 12.1 Å². The third-order valence-corrected chi connectivity index (χ3v) is 6.36. The van der Waals surface area contributed by atoms with Gasteiger partial charge < -0.3 is 16.0 Å². The van der Waals surface area contributed by atoms with Crippen molar-refractivity contribution in [3.05, 3.63) is 125 Å². The van der Waals surface area contributed by atoms with Gasteiger partial charge in [-0.1, -0.05) is 41.9 Å². The number of anilines is 2. The van der Waals surface area contributed by atoms with Crippen LogP contribution < -0.4 is 16.0 Å². The molecule has 0 saturated carbocycles. The van der Waals surface area contributed by atoms with Crippen LogP contribution in [0.2, 0.25) is 5.02 Å². The van der Waals surface area contributed by atoms with E-state index in [0.29, 0.717) is 27.5 Å². The van der Waals surface area contributed by atoms with Crippen LogP contribution in [0.1, 0.15) is 15.9 Å². The number of nitrogens with zero attached hydrogens (tertiary/aromatic N) is 1. The zero-order valence-electron chi connectivity index (χ0n) is 20.1. The Morgan fingerprint density at radius 3 is 2.37 bits per heavy atom. The monoisotopic (exact) mass is 542 g/mol. The number of carbonyl (C=O) groups excluding carboxylic acids is 3. The van der Waals surface area contributed by atoms with Crippen molar-refractivity contribution in [2.24, 2.45) is 0 Å². The first kappa shape index (κ1) is 26.7. The minimum absolute atomic E-state index is 0.0623. The summed E-state index contributed by atoms with van der Waals surface area (Å²) in [6.07, 6.45) is 4.77. The molecule has 9 heteroatoms. The van der Waals surface area contributed by atoms with Gasteiger partial charge in [-0.05, 0) is 72.3 Å². The van der Waals surface area contributed by atoms with Gasteiger partial charge in [-0.15, -0.1) is 11.8 Å². The molecular weight excluding hydrogens is 520 g/mol. The predicted molar refractivity (Wildman–Crippen MR) is 152 cm³/mol. The van der Waals surface area contributed by atoms with Crippen LogP contribution in [0, 0.1) is 0 Å². The Bertz CT molecular complexity index is 1450. The number of benzene rings is 3. The van der Waals surface area contributed by atoms with Gasteiger partial charge in [-0.25, -0.2) is 0 Å². The fourth-order valence-electron chi connectivity index (χ4n) is 3.31. The quantitative estimate of drug-likeness (QED) is 0.181. The summed E-state index contributed by atoms with van der Waals surface area (Å²) in [4.78, 5) is 43.1. The molecular formula is C29H23ClN4O3S. The van der Waals surface area contributed by atoms with E-state index in [1.165, 1.54) is 11.8 Å². The summed E-state index contributed by atoms with van der Waals surface area (Å²) in [6, 6.07) is 26.1. The number of thioether (sulfide) groups is 1. The molecule has 7 nitrogen and oxygen atoms in total. The molecule has 3 N–H and O–H groups in total. The first-order chi connectivity index (χ1) is 18.5. The maximum absolute atomic E-state index is 13.2. The molecule has 1 heterocycles. The molecule has 0 saturated heterocycles. The lowest BCUT2D eigenvalue weighted by Gasteiger charge is -2.12. The Morgan fingerprint density at radius 1 is 0.842 bits per heavy atom. The highest BCUT2D eigenvalue weighted by atomic mass is 35.5. The van der Waals surface area contributed by atoms with Gasteiger partial charge in [0.05, 0.1) is 5.75 Å². The van der Waals surface area contributed by atoms with Crippen LogP contribution in [-0.2, 0) is 9.59 Å². The number of aromatic nitrogens is 1. The third kappa shape index (κ3) is 8.06. The number of rotatable bonds is 9. The van der Waals surface area contributed by atoms with Crippen molar-refractivity contribution in [1.29, 1.82) is 0 Å². The minimum atomic E-state index is -0.499. The van der Waals surface area contributed by atoms with Crippen LogP contribution >= 0.6 is 23.4 Å². The first-order valence-corrected chi connectivity index (χ1v) is 12.9. The lowest BCUT2D eigenvalue weighted by atomic mass is 10.2. The van der Waals surface area contributed by atoms with Crippen molar-refractivity contribution in [3.8, 4) is 0 Å². The number of amides is 3. The highest BCUT2D eigenvalue weighted by molar-refractivity contribution is 8.00. The zero-order chi connectivity index (χ0) is 26.7. The molecule has 0 spiro atoms. The van der Waals surface area contributed by atoms with E-state index in [9.17, 15) is 14.4 Å². The summed E-state index contributed by atoms with van der Waals surface area (Å²) in [5.41, 5.74) is 2.32. The van der Waals surface area contributed by atoms with Gasteiger partial charge in [0.25, 0.3) is 11.8 Å². The molecule has 4 aromatic rings. The van der Waals surface area contributed by atoms with Gasteiger partial charge in [0.1, 0.15) is 5.70 Å². The Hall–Kier alpha value is -4.40. The Labute approximate surface area is 229 Å². The molecule has 1 aromatic heterocycles. The zero-order valence-corrected chi connectivity index (χ0v) is 21.6. The van der Waals surface area contributed by atoms with Crippen LogP contribution in [0.15, 0.2) is 114 Å². The van der Waals surface area contributed by atoms with Crippen molar-refractivity contribution >= 4 is 58.5 Å². The first-order valence-electron chi connectivity index (χ1n) is 11.5. The van der Waals surface area contributed by atoms with Gasteiger partial charge in [-0.2, -0.15) is 0 Å². The Kier molecular flexibility index (Phi) is 9.28. The van der Waals surface area contributed by atoms with Crippen LogP contribution in [0.4, 0.5) is 11.4 Å². The maximum atomic E-state index is 13.2. The van der Waals surface area contributed by atoms with Crippen molar-refractivity contribution in [2.45, 2.75) is 4.90 Å². The largest absolute Gasteiger partial charge is 0.325 e. The van der Waals surface area contributed by atoms with E-state index in [2.05, 4.69) is 20.9 Å². The van der Waals surface area contributed by atoms with Crippen LogP contribution in [0.3, 0.4) is 0 Å². The average molecular weight is 543 g/mol. The van der Waals surface area contributed by atoms with E-state index in [0.717, 1.165) is 4.90 Å². The minimum Gasteiger partial charge on any atom is -0.325 e. The van der Waals surface area contributed by atoms with Crippen LogP contribution in [-0.4, -0.2) is 28.5 Å². The highest BCUT2D eigenvalue weighted by Gasteiger charge is 2.15. The second-order valence-corrected chi connectivity index (χ2v) is 9.48. The molecule has 3 amide bonds. The lowest BCUT2D eigenvalue weighted by molar-refractivity contribution is -0.114. The summed E-state index contributed by atoms with van der Waals surface area (Å²) in [6.45, 7) is 0. The highest BCUT2D eigenvalue weighted by Crippen LogP contribution is 2.23. The van der Waals surface area contributed by atoms with Crippen molar-refractivity contribution in [1.82, 2.24) is 10.3 Å². The summed E-state index contributed by atoms with van der Waals surface area (Å²) >= 11 is 7.21. The molecule has 0 bridgehead atoms. The Morgan fingerprint density at radius 2 is 1.63 bits per heavy atom. The summed E-state index contributed by atoms with van der Waals surface area (Å²) in [5.74, 6) is -0.899. The second-order valence-electron chi connectivity index (χ2n) is 7.99. The predicted octanol–water partition coefficient (Wildman–Crippen LogP) is 5.88. The maximum Gasteiger partial charge on any atom is 0.272 e. The molecule has 0 unspecified atom stereocenters. The number of hydrogen-bond acceptors (Lipinski definition) is 5. The van der Waals surface area contributed by atoms with Gasteiger partial charge >= 0.3 is 0 Å². The fraction of sp³-hybridized carbons (Fsp3) is 0.0345. The standard InChI is InChI=1S/C29H23ClN4O3S/c30-22-11-13-23(14-12-22)32-27(35)19-38-25-10-4-9-24(17-25)33-29(37)26(16-20-6-5-15-31-18-20)34-28(36)21-7-2-1-3-8-21/h1-18H,19H2,(H,32,35)(H,33,37)(H,34,36)/b26-16-. The summed E-state index contributed by atoms with van der Waals surface area (Å²) < 4.78 is 0. The van der Waals surface area contributed by atoms with Crippen molar-refractivity contribution in [3.63, 3.8) is 0 Å². The molecule has 3 aromatic carbocycles. The SMILES string of the molecule is O=C(CSc1cccc(NC(=O)/C(=C/c2cccnc2)NC(=O)c2ccccc2)c1)Nc1ccc(Cl)cc1. The van der Waals surface area contributed by atoms with Crippen LogP contribution in [0.5, 0.6) is 0 Å². The number of carbonyl (C=O) groups is 3. The topological polar surface area (TPSA) is 100 Å². The molecule has 0 fully saturated rings. The van der Waals surface area contributed by atoms with Gasteiger partial charge in [0.15, 0.2) is 0 Å². The molecule has 0 aliphatic heterocycles. The number of hydrogen-bond donors (Lipinski definition) is 3. The number of pyridine rings is 1. The third-order valence-electron chi connectivity index (χ3n) is 5.11. The molecule has 4 rings (SSSR count). The summed E-state index contributed by atoms with van der Waals surface area (Å²) in [7, 11) is 0. The smallest absolute Gasteiger partial charge is 0.272 e. The van der Waals surface area contributed by atoms with E-state index >= 15 is 0 Å². The van der Waals surface area contributed by atoms with Crippen molar-refractivity contribution in [2.75, 3.05) is 16.4 Å². The van der Waals surface area contributed by atoms with Gasteiger partial charge in [0.2, 0.25) is 5.91 Å². The van der Waals surface area contributed by atoms with Crippen LogP contribution in [0.25, 0.3) is 6.08 Å². The molecule has 190 valence electrons. The van der Waals surface area contributed by atoms with E-state index in [-0.39, 0.29) is 17.4 Å². The van der Waals surface area contributed by atoms with Crippen molar-refractivity contribution < 1.29 is 14.4 Å². The molecule has 0 atom stereocenters. The molecule has 0 radical (unpaired) electrons. The molecule has 0 aliphatic rings. The average Bonchev–Trinajstić information content (AvgIpc) is 2.94. The second kappa shape index (κ2) is 13.2. The van der Waals surface area contributed by atoms with E-state index in [1.54, 1.807) is 97.3 Å². The lowest BCUT2D eigenvalue weighted by Crippen LogP contribution is -2.30. The van der Waals surface area contributed by atoms with Gasteiger partial charge in [-0.3, -0.25) is 19.4 Å². The molecule has 0 aliphatic carbocycles. The fourth-order valence-corrected chi connectivity index (χ4v) is 4.19. The van der Waals surface area contributed by atoms with E-state index in [4.69, 9.17) is 11.6 Å². The number of halogens is 1. The summed E-state index contributed by atoms with van der Waals surface area (Å²) in [5, 5.41) is 8.93. The Balaban J connectivity index is 1.42. The van der Waals surface area contributed by atoms with Gasteiger partial charge in [0, 0.05) is 39.3 Å². The normalized spacial score (nSPS) is 10.9. The number of nitrogens with one attached hydrogen (secondary N) is 3. The van der Waals surface area contributed by atoms with E-state index < -0.39 is 11.8 Å². The molecule has 38 heavy (non-hydrogen) atoms.